The summed E-state index contributed by atoms with van der Waals surface area (Å²) < 4.78 is 14.1. The lowest BCUT2D eigenvalue weighted by Gasteiger charge is -2.17. The number of fused-ring (bicyclic) bond motifs is 1. The van der Waals surface area contributed by atoms with Crippen LogP contribution in [0.15, 0.2) is 18.2 Å². The van der Waals surface area contributed by atoms with E-state index in [0.717, 1.165) is 19.3 Å². The van der Waals surface area contributed by atoms with E-state index in [2.05, 4.69) is 45.4 Å². The quantitative estimate of drug-likeness (QED) is 0.905. The maximum atomic E-state index is 14.1. The third-order valence-electron chi connectivity index (χ3n) is 4.18. The van der Waals surface area contributed by atoms with Gasteiger partial charge in [0.1, 0.15) is 0 Å². The molecule has 1 aromatic carbocycles. The van der Waals surface area contributed by atoms with Gasteiger partial charge in [-0.1, -0.05) is 25.1 Å². The molecule has 2 aromatic rings. The van der Waals surface area contributed by atoms with E-state index in [0.29, 0.717) is 5.95 Å². The second-order valence-corrected chi connectivity index (χ2v) is 6.44. The van der Waals surface area contributed by atoms with Crippen molar-refractivity contribution in [3.8, 4) is 0 Å². The Morgan fingerprint density at radius 1 is 1.30 bits per heavy atom. The molecule has 1 heterocycles. The summed E-state index contributed by atoms with van der Waals surface area (Å²) in [6.07, 6.45) is 2.97. The Kier molecular flexibility index (Phi) is 3.92. The third-order valence-corrected chi connectivity index (χ3v) is 4.18. The Hall–Kier alpha value is -2.24. The number of halogens is 1. The average Bonchev–Trinajstić information content (AvgIpc) is 2.88. The van der Waals surface area contributed by atoms with Crippen molar-refractivity contribution >= 4 is 11.9 Å². The molecule has 0 aliphatic heterocycles. The molecule has 0 unspecified atom stereocenters. The molecule has 0 spiro atoms. The standard InChI is InChI=1S/C17H22FN5/c1-4-10-5-6-11-7-8-13(12(11)9-10)20-16-22-14(17(2,3)18)21-15(19)23-16/h5-6,9,13H,4,7-8H2,1-3H3,(H3,19,20,21,22,23)/t13-/m1/s1. The second kappa shape index (κ2) is 5.76. The van der Waals surface area contributed by atoms with Gasteiger partial charge in [0.05, 0.1) is 6.04 Å². The number of hydrogen-bond acceptors (Lipinski definition) is 5. The highest BCUT2D eigenvalue weighted by Gasteiger charge is 2.27. The summed E-state index contributed by atoms with van der Waals surface area (Å²) in [5, 5.41) is 3.29. The van der Waals surface area contributed by atoms with Crippen molar-refractivity contribution in [2.75, 3.05) is 11.1 Å². The summed E-state index contributed by atoms with van der Waals surface area (Å²) in [6, 6.07) is 6.71. The number of nitrogens with one attached hydrogen (secondary N) is 1. The van der Waals surface area contributed by atoms with Crippen LogP contribution in [0.4, 0.5) is 16.3 Å². The fourth-order valence-corrected chi connectivity index (χ4v) is 2.90. The molecule has 0 saturated heterocycles. The zero-order chi connectivity index (χ0) is 16.6. The highest BCUT2D eigenvalue weighted by atomic mass is 19.1. The van der Waals surface area contributed by atoms with E-state index in [-0.39, 0.29) is 17.8 Å². The fraction of sp³-hybridized carbons (Fsp3) is 0.471. The molecular formula is C17H22FN5. The monoisotopic (exact) mass is 315 g/mol. The molecule has 0 radical (unpaired) electrons. The second-order valence-electron chi connectivity index (χ2n) is 6.44. The van der Waals surface area contributed by atoms with Crippen molar-refractivity contribution in [1.82, 2.24) is 15.0 Å². The SMILES string of the molecule is CCc1ccc2c(c1)[C@H](Nc1nc(N)nc(C(C)(C)F)n1)CC2. The van der Waals surface area contributed by atoms with E-state index in [4.69, 9.17) is 5.73 Å². The van der Waals surface area contributed by atoms with Gasteiger partial charge in [0.25, 0.3) is 0 Å². The number of benzene rings is 1. The van der Waals surface area contributed by atoms with Crippen LogP contribution in [0.1, 0.15) is 55.7 Å². The first kappa shape index (κ1) is 15.6. The Bertz CT molecular complexity index is 723. The van der Waals surface area contributed by atoms with Crippen molar-refractivity contribution in [2.24, 2.45) is 0 Å². The van der Waals surface area contributed by atoms with Gasteiger partial charge in [-0.25, -0.2) is 4.39 Å². The fourth-order valence-electron chi connectivity index (χ4n) is 2.90. The lowest BCUT2D eigenvalue weighted by Crippen LogP contribution is -2.19. The molecule has 122 valence electrons. The molecule has 5 nitrogen and oxygen atoms in total. The number of hydrogen-bond donors (Lipinski definition) is 2. The highest BCUT2D eigenvalue weighted by molar-refractivity contribution is 5.43. The molecule has 0 saturated carbocycles. The van der Waals surface area contributed by atoms with Crippen LogP contribution < -0.4 is 11.1 Å². The summed E-state index contributed by atoms with van der Waals surface area (Å²) in [5.74, 6) is 0.412. The van der Waals surface area contributed by atoms with Crippen molar-refractivity contribution < 1.29 is 4.39 Å². The molecule has 1 aliphatic carbocycles. The summed E-state index contributed by atoms with van der Waals surface area (Å²) in [6.45, 7) is 4.95. The largest absolute Gasteiger partial charge is 0.368 e. The zero-order valence-corrected chi connectivity index (χ0v) is 13.7. The van der Waals surface area contributed by atoms with E-state index in [1.54, 1.807) is 0 Å². The van der Waals surface area contributed by atoms with Crippen LogP contribution in [0.2, 0.25) is 0 Å². The minimum Gasteiger partial charge on any atom is -0.368 e. The summed E-state index contributed by atoms with van der Waals surface area (Å²) in [5.41, 5.74) is 7.96. The molecule has 3 rings (SSSR count). The van der Waals surface area contributed by atoms with Crippen LogP contribution in [-0.4, -0.2) is 15.0 Å². The van der Waals surface area contributed by atoms with E-state index in [1.165, 1.54) is 30.5 Å². The van der Waals surface area contributed by atoms with Crippen molar-refractivity contribution in [3.63, 3.8) is 0 Å². The first-order valence-corrected chi connectivity index (χ1v) is 7.96. The lowest BCUT2D eigenvalue weighted by atomic mass is 10.0. The van der Waals surface area contributed by atoms with E-state index in [9.17, 15) is 4.39 Å². The van der Waals surface area contributed by atoms with E-state index < -0.39 is 5.67 Å². The molecule has 3 N–H and O–H groups in total. The van der Waals surface area contributed by atoms with Gasteiger partial charge in [-0.05, 0) is 49.8 Å². The van der Waals surface area contributed by atoms with Crippen molar-refractivity contribution in [3.05, 3.63) is 40.7 Å². The molecule has 0 bridgehead atoms. The minimum absolute atomic E-state index is 0.0313. The van der Waals surface area contributed by atoms with Crippen LogP contribution in [0.25, 0.3) is 0 Å². The van der Waals surface area contributed by atoms with Gasteiger partial charge in [0.2, 0.25) is 11.9 Å². The number of nitrogens with zero attached hydrogens (tertiary/aromatic N) is 3. The topological polar surface area (TPSA) is 76.7 Å². The predicted molar refractivity (Wildman–Crippen MR) is 88.9 cm³/mol. The molecular weight excluding hydrogens is 293 g/mol. The maximum Gasteiger partial charge on any atom is 0.228 e. The summed E-state index contributed by atoms with van der Waals surface area (Å²) >= 11 is 0. The number of nitrogens with two attached hydrogens (primary N) is 1. The van der Waals surface area contributed by atoms with E-state index in [1.807, 2.05) is 0 Å². The first-order valence-electron chi connectivity index (χ1n) is 7.96. The predicted octanol–water partition coefficient (Wildman–Crippen LogP) is 3.32. The maximum absolute atomic E-state index is 14.1. The normalized spacial score (nSPS) is 17.1. The van der Waals surface area contributed by atoms with Crippen molar-refractivity contribution in [1.29, 1.82) is 0 Å². The number of anilines is 2. The molecule has 1 aliphatic rings. The van der Waals surface area contributed by atoms with Crippen LogP contribution in [-0.2, 0) is 18.5 Å². The van der Waals surface area contributed by atoms with Crippen LogP contribution in [0.3, 0.4) is 0 Å². The number of aryl methyl sites for hydroxylation is 2. The minimum atomic E-state index is -1.66. The molecule has 1 aromatic heterocycles. The van der Waals surface area contributed by atoms with Gasteiger partial charge < -0.3 is 11.1 Å². The van der Waals surface area contributed by atoms with E-state index >= 15 is 0 Å². The zero-order valence-electron chi connectivity index (χ0n) is 13.7. The van der Waals surface area contributed by atoms with Crippen molar-refractivity contribution in [2.45, 2.75) is 51.7 Å². The molecule has 0 fully saturated rings. The van der Waals surface area contributed by atoms with Gasteiger partial charge in [-0.15, -0.1) is 0 Å². The van der Waals surface area contributed by atoms with Gasteiger partial charge in [-0.3, -0.25) is 0 Å². The molecule has 1 atom stereocenters. The Morgan fingerprint density at radius 2 is 2.09 bits per heavy atom. The summed E-state index contributed by atoms with van der Waals surface area (Å²) in [7, 11) is 0. The van der Waals surface area contributed by atoms with Crippen LogP contribution >= 0.6 is 0 Å². The van der Waals surface area contributed by atoms with Crippen LogP contribution in [0, 0.1) is 0 Å². The molecule has 6 heteroatoms. The number of alkyl halides is 1. The lowest BCUT2D eigenvalue weighted by molar-refractivity contribution is 0.206. The molecule has 23 heavy (non-hydrogen) atoms. The van der Waals surface area contributed by atoms with Gasteiger partial charge in [0, 0.05) is 0 Å². The van der Waals surface area contributed by atoms with Gasteiger partial charge in [-0.2, -0.15) is 15.0 Å². The average molecular weight is 315 g/mol. The summed E-state index contributed by atoms with van der Waals surface area (Å²) in [4.78, 5) is 12.2. The smallest absolute Gasteiger partial charge is 0.228 e. The molecule has 0 amide bonds. The van der Waals surface area contributed by atoms with Crippen LogP contribution in [0.5, 0.6) is 0 Å². The first-order chi connectivity index (χ1) is 10.9. The number of nitrogen functional groups attached to an aromatic ring is 1. The number of rotatable bonds is 4. The Morgan fingerprint density at radius 3 is 2.78 bits per heavy atom. The highest BCUT2D eigenvalue weighted by Crippen LogP contribution is 2.34. The third kappa shape index (κ3) is 3.25. The number of aromatic nitrogens is 3. The Labute approximate surface area is 135 Å². The van der Waals surface area contributed by atoms with Gasteiger partial charge in [0.15, 0.2) is 11.5 Å². The Balaban J connectivity index is 1.89. The van der Waals surface area contributed by atoms with Gasteiger partial charge >= 0.3 is 0 Å².